The smallest absolute Gasteiger partial charge is 0.164 e. The quantitative estimate of drug-likeness (QED) is 0.0819. The van der Waals surface area contributed by atoms with Crippen molar-refractivity contribution in [2.45, 2.75) is 0 Å². The van der Waals surface area contributed by atoms with E-state index >= 15 is 0 Å². The minimum atomic E-state index is 0.603. The van der Waals surface area contributed by atoms with E-state index in [0.29, 0.717) is 46.6 Å². The Morgan fingerprint density at radius 1 is 0.0833 bits per heavy atom. The van der Waals surface area contributed by atoms with Gasteiger partial charge in [0, 0.05) is 66.8 Å². The summed E-state index contributed by atoms with van der Waals surface area (Å²) in [5.74, 6) is 5.09. The largest absolute Gasteiger partial charge is 0.228 e. The zero-order valence-electron chi connectivity index (χ0n) is 65.2. The summed E-state index contributed by atoms with van der Waals surface area (Å²) in [6.07, 6.45) is 0. The molecule has 20 aromatic rings. The van der Waals surface area contributed by atoms with Gasteiger partial charge in [0.15, 0.2) is 46.6 Å². The molecule has 0 unspecified atom stereocenters. The summed E-state index contributed by atoms with van der Waals surface area (Å²) >= 11 is 0. The number of rotatable bonds is 18. The zero-order chi connectivity index (χ0) is 80.2. The summed E-state index contributed by atoms with van der Waals surface area (Å²) < 4.78 is 0. The van der Waals surface area contributed by atoms with Crippen LogP contribution in [0.4, 0.5) is 0 Å². The van der Waals surface area contributed by atoms with E-state index in [2.05, 4.69) is 279 Å². The first-order chi connectivity index (χ1) is 59.4. The highest BCUT2D eigenvalue weighted by Gasteiger charge is 2.20. The van der Waals surface area contributed by atoms with Gasteiger partial charge in [0.1, 0.15) is 0 Å². The van der Waals surface area contributed by atoms with Crippen molar-refractivity contribution in [1.82, 2.24) is 49.8 Å². The van der Waals surface area contributed by atoms with E-state index in [4.69, 9.17) is 49.8 Å². The van der Waals surface area contributed by atoms with Crippen LogP contribution in [0.3, 0.4) is 0 Å². The van der Waals surface area contributed by atoms with E-state index in [-0.39, 0.29) is 0 Å². The molecular formula is C110H74N10. The molecule has 0 aliphatic heterocycles. The molecule has 0 radical (unpaired) electrons. The molecule has 0 spiro atoms. The lowest BCUT2D eigenvalue weighted by Gasteiger charge is -2.13. The van der Waals surface area contributed by atoms with Gasteiger partial charge in [-0.3, -0.25) is 0 Å². The fourth-order valence-electron chi connectivity index (χ4n) is 14.9. The Morgan fingerprint density at radius 3 is 0.517 bits per heavy atom. The Hall–Kier alpha value is -16.3. The maximum atomic E-state index is 5.20. The molecule has 10 nitrogen and oxygen atoms in total. The molecule has 4 aromatic heterocycles. The highest BCUT2D eigenvalue weighted by Crippen LogP contribution is 2.40. The first-order valence-electron chi connectivity index (χ1n) is 40.0. The zero-order valence-corrected chi connectivity index (χ0v) is 65.2. The summed E-state index contributed by atoms with van der Waals surface area (Å²) in [7, 11) is 0. The van der Waals surface area contributed by atoms with Crippen LogP contribution in [-0.4, -0.2) is 49.8 Å². The Bertz CT molecular complexity index is 6710. The SMILES string of the molecule is c1ccc(-c2cc(-c3ccccc3)cc(-c3cc(-c4ccc(-c5cccc(-c6nc(-c7ccccc7)nc(-c7ccccc7)n6)c5)cc4)nc(-c4ccccc4)n3)c2)cc1.c1ccc(-c2cc(-c3ccccc3)cc(-c3nc(-c4ccccc4)nc(-c4cccc(-c5ccc(-c6cc(-c7ccccc7)nc(-c7ccccc7)n6)cc5)c4)n3)c2)cc1. The van der Waals surface area contributed by atoms with Crippen molar-refractivity contribution < 1.29 is 0 Å². The third-order valence-corrected chi connectivity index (χ3v) is 21.1. The molecule has 0 saturated carbocycles. The summed E-state index contributed by atoms with van der Waals surface area (Å²) in [5.41, 5.74) is 28.2. The molecule has 0 saturated heterocycles. The van der Waals surface area contributed by atoms with Crippen LogP contribution >= 0.6 is 0 Å². The average molecular weight is 1540 g/mol. The molecule has 10 heteroatoms. The van der Waals surface area contributed by atoms with E-state index in [1.54, 1.807) is 0 Å². The predicted octanol–water partition coefficient (Wildman–Crippen LogP) is 27.3. The first-order valence-corrected chi connectivity index (χ1v) is 40.0. The summed E-state index contributed by atoms with van der Waals surface area (Å²) in [6, 6.07) is 154. The summed E-state index contributed by atoms with van der Waals surface area (Å²) in [6.45, 7) is 0. The lowest BCUT2D eigenvalue weighted by Crippen LogP contribution is -2.00. The fourth-order valence-corrected chi connectivity index (χ4v) is 14.9. The fraction of sp³-hybridized carbons (Fsp3) is 0. The lowest BCUT2D eigenvalue weighted by molar-refractivity contribution is 1.07. The Labute approximate surface area is 697 Å². The maximum absolute atomic E-state index is 5.20. The minimum Gasteiger partial charge on any atom is -0.228 e. The van der Waals surface area contributed by atoms with Crippen molar-refractivity contribution in [3.8, 4) is 203 Å². The molecule has 4 heterocycles. The van der Waals surface area contributed by atoms with Crippen molar-refractivity contribution >= 4 is 0 Å². The standard InChI is InChI=1S/2C55H37N5/c1-6-17-38(18-7-1)47-34-48(39-19-8-2-9-20-39)36-49(35-47)51-37-50(56-52(57-51)42-21-10-3-11-22-42)41-31-29-40(30-32-41)45-27-16-28-46(33-45)55-59-53(43-23-12-4-13-24-43)58-54(60-55)44-25-14-5-15-26-44;1-6-17-38(18-7-1)47-34-48(39-19-8-2-9-20-39)36-49(35-47)55-59-53(44-25-14-5-15-26-44)58-54(60-55)46-28-16-27-45(33-46)40-29-31-42(32-30-40)51-37-50(41-21-10-3-11-22-41)56-52(57-51)43-23-12-4-13-24-43/h2*1-37H. The lowest BCUT2D eigenvalue weighted by atomic mass is 9.94. The highest BCUT2D eigenvalue weighted by atomic mass is 15.0. The highest BCUT2D eigenvalue weighted by molar-refractivity contribution is 5.86. The molecule has 0 atom stereocenters. The maximum Gasteiger partial charge on any atom is 0.164 e. The number of hydrogen-bond acceptors (Lipinski definition) is 10. The van der Waals surface area contributed by atoms with E-state index in [1.807, 2.05) is 170 Å². The van der Waals surface area contributed by atoms with Gasteiger partial charge in [0.25, 0.3) is 0 Å². The summed E-state index contributed by atoms with van der Waals surface area (Å²) in [5, 5.41) is 0. The Balaban J connectivity index is 0.000000159. The number of benzene rings is 16. The Morgan fingerprint density at radius 2 is 0.242 bits per heavy atom. The molecule has 0 N–H and O–H groups in total. The molecule has 120 heavy (non-hydrogen) atoms. The molecule has 564 valence electrons. The van der Waals surface area contributed by atoms with Crippen LogP contribution in [0.2, 0.25) is 0 Å². The second-order valence-electron chi connectivity index (χ2n) is 29.1. The molecule has 0 bridgehead atoms. The van der Waals surface area contributed by atoms with Crippen molar-refractivity contribution in [1.29, 1.82) is 0 Å². The van der Waals surface area contributed by atoms with Gasteiger partial charge in [-0.15, -0.1) is 0 Å². The van der Waals surface area contributed by atoms with Crippen molar-refractivity contribution in [2.75, 3.05) is 0 Å². The van der Waals surface area contributed by atoms with Crippen LogP contribution in [-0.2, 0) is 0 Å². The number of hydrogen-bond donors (Lipinski definition) is 0. The first kappa shape index (κ1) is 73.8. The van der Waals surface area contributed by atoms with Gasteiger partial charge < -0.3 is 0 Å². The molecule has 20 rings (SSSR count). The average Bonchev–Trinajstić information content (AvgIpc) is 0.788. The summed E-state index contributed by atoms with van der Waals surface area (Å²) in [4.78, 5) is 50.5. The van der Waals surface area contributed by atoms with Gasteiger partial charge in [-0.05, 0) is 127 Å². The molecule has 0 fully saturated rings. The van der Waals surface area contributed by atoms with E-state index in [0.717, 1.165) is 156 Å². The van der Waals surface area contributed by atoms with Gasteiger partial charge in [-0.1, -0.05) is 388 Å². The van der Waals surface area contributed by atoms with Gasteiger partial charge in [0.2, 0.25) is 0 Å². The van der Waals surface area contributed by atoms with Gasteiger partial charge >= 0.3 is 0 Å². The van der Waals surface area contributed by atoms with Crippen molar-refractivity contribution in [3.63, 3.8) is 0 Å². The monoisotopic (exact) mass is 1530 g/mol. The normalized spacial score (nSPS) is 11.0. The van der Waals surface area contributed by atoms with Crippen LogP contribution in [0.25, 0.3) is 203 Å². The molecule has 0 aliphatic carbocycles. The van der Waals surface area contributed by atoms with Gasteiger partial charge in [-0.25, -0.2) is 49.8 Å². The van der Waals surface area contributed by atoms with E-state index in [9.17, 15) is 0 Å². The van der Waals surface area contributed by atoms with Gasteiger partial charge in [-0.2, -0.15) is 0 Å². The second-order valence-corrected chi connectivity index (χ2v) is 29.1. The van der Waals surface area contributed by atoms with Crippen LogP contribution in [0.1, 0.15) is 0 Å². The van der Waals surface area contributed by atoms with Crippen molar-refractivity contribution in [3.05, 3.63) is 449 Å². The van der Waals surface area contributed by atoms with Crippen molar-refractivity contribution in [2.24, 2.45) is 0 Å². The van der Waals surface area contributed by atoms with Gasteiger partial charge in [0.05, 0.1) is 22.8 Å². The third kappa shape index (κ3) is 16.8. The van der Waals surface area contributed by atoms with Crippen LogP contribution in [0.5, 0.6) is 0 Å². The Kier molecular flexibility index (Phi) is 21.2. The predicted molar refractivity (Wildman–Crippen MR) is 489 cm³/mol. The molecule has 16 aromatic carbocycles. The molecular weight excluding hydrogens is 1460 g/mol. The second kappa shape index (κ2) is 34.4. The van der Waals surface area contributed by atoms with Crippen LogP contribution in [0.15, 0.2) is 449 Å². The van der Waals surface area contributed by atoms with Crippen LogP contribution in [0, 0.1) is 0 Å². The third-order valence-electron chi connectivity index (χ3n) is 21.1. The van der Waals surface area contributed by atoms with Crippen LogP contribution < -0.4 is 0 Å². The molecule has 0 amide bonds. The number of aromatic nitrogens is 10. The topological polar surface area (TPSA) is 129 Å². The van der Waals surface area contributed by atoms with E-state index < -0.39 is 0 Å². The minimum absolute atomic E-state index is 0.603. The number of nitrogens with zero attached hydrogens (tertiary/aromatic N) is 10. The molecule has 0 aliphatic rings. The van der Waals surface area contributed by atoms with E-state index in [1.165, 1.54) is 0 Å².